The lowest BCUT2D eigenvalue weighted by atomic mass is 9.98. The minimum atomic E-state index is -1.62. The molecule has 2 aliphatic heterocycles. The van der Waals surface area contributed by atoms with Crippen LogP contribution in [0.25, 0.3) is 0 Å². The maximum atomic E-state index is 10.4. The SMILES string of the molecule is C=CCc1ccc(O[C@H]2O[C@@H](CO[C@H]3O[C@H](C)[C@@H](O)[C@H](O)[C@@H]3O)[C@H](O)[C@@H](O)[C@@H]2O)c(OC)c1. The predicted molar refractivity (Wildman–Crippen MR) is 113 cm³/mol. The first-order valence-electron chi connectivity index (χ1n) is 10.6. The van der Waals surface area contributed by atoms with Crippen molar-refractivity contribution >= 4 is 0 Å². The molecule has 0 aliphatic carbocycles. The molecule has 0 spiro atoms. The standard InChI is InChI=1S/C22H32O11/c1-4-5-11-6-7-12(13(8-11)29-3)32-22-20(28)18(26)16(24)14(33-22)9-30-21-19(27)17(25)15(23)10(2)31-21/h4,6-8,10,14-28H,1,5,9H2,2-3H3/t10-,14+,15-,16+,17+,18-,19+,20+,21+,22+/m1/s1. The van der Waals surface area contributed by atoms with Crippen LogP contribution in [0.2, 0.25) is 0 Å². The van der Waals surface area contributed by atoms with E-state index in [1.807, 2.05) is 0 Å². The lowest BCUT2D eigenvalue weighted by molar-refractivity contribution is -0.318. The van der Waals surface area contributed by atoms with E-state index in [1.54, 1.807) is 24.3 Å². The Bertz CT molecular complexity index is 790. The largest absolute Gasteiger partial charge is 0.493 e. The van der Waals surface area contributed by atoms with Crippen molar-refractivity contribution < 1.29 is 54.3 Å². The summed E-state index contributed by atoms with van der Waals surface area (Å²) in [5.41, 5.74) is 0.925. The van der Waals surface area contributed by atoms with Gasteiger partial charge in [-0.1, -0.05) is 12.1 Å². The zero-order valence-corrected chi connectivity index (χ0v) is 18.4. The van der Waals surface area contributed by atoms with Crippen molar-refractivity contribution in [2.45, 2.75) is 74.8 Å². The second-order valence-electron chi connectivity index (χ2n) is 8.13. The van der Waals surface area contributed by atoms with Crippen LogP contribution < -0.4 is 9.47 Å². The molecule has 0 saturated carbocycles. The molecule has 0 amide bonds. The predicted octanol–water partition coefficient (Wildman–Crippen LogP) is -1.55. The van der Waals surface area contributed by atoms with Gasteiger partial charge in [0.15, 0.2) is 17.8 Å². The second kappa shape index (κ2) is 11.1. The summed E-state index contributed by atoms with van der Waals surface area (Å²) < 4.78 is 27.5. The molecule has 1 aromatic carbocycles. The maximum absolute atomic E-state index is 10.4. The van der Waals surface area contributed by atoms with Crippen molar-refractivity contribution in [2.75, 3.05) is 13.7 Å². The van der Waals surface area contributed by atoms with Gasteiger partial charge in [0.1, 0.15) is 42.7 Å². The fourth-order valence-electron chi connectivity index (χ4n) is 3.72. The Balaban J connectivity index is 1.68. The van der Waals surface area contributed by atoms with Crippen LogP contribution in [0, 0.1) is 0 Å². The molecule has 2 heterocycles. The minimum absolute atomic E-state index is 0.245. The summed E-state index contributed by atoms with van der Waals surface area (Å²) >= 11 is 0. The van der Waals surface area contributed by atoms with Crippen LogP contribution in [0.15, 0.2) is 30.9 Å². The highest BCUT2D eigenvalue weighted by molar-refractivity contribution is 5.43. The van der Waals surface area contributed by atoms with Crippen molar-refractivity contribution in [3.8, 4) is 11.5 Å². The van der Waals surface area contributed by atoms with E-state index in [2.05, 4.69) is 6.58 Å². The monoisotopic (exact) mass is 472 g/mol. The lowest BCUT2D eigenvalue weighted by Gasteiger charge is -2.42. The highest BCUT2D eigenvalue weighted by Crippen LogP contribution is 2.32. The van der Waals surface area contributed by atoms with Crippen LogP contribution >= 0.6 is 0 Å². The number of allylic oxidation sites excluding steroid dienone is 1. The van der Waals surface area contributed by atoms with Crippen LogP contribution in [-0.4, -0.2) is 106 Å². The van der Waals surface area contributed by atoms with Gasteiger partial charge in [-0.15, -0.1) is 6.58 Å². The molecule has 1 aromatic rings. The van der Waals surface area contributed by atoms with E-state index in [0.29, 0.717) is 12.2 Å². The summed E-state index contributed by atoms with van der Waals surface area (Å²) in [4.78, 5) is 0. The summed E-state index contributed by atoms with van der Waals surface area (Å²) in [5.74, 6) is 0.619. The first-order valence-corrected chi connectivity index (χ1v) is 10.6. The van der Waals surface area contributed by atoms with Crippen molar-refractivity contribution in [3.63, 3.8) is 0 Å². The quantitative estimate of drug-likeness (QED) is 0.243. The minimum Gasteiger partial charge on any atom is -0.493 e. The highest BCUT2D eigenvalue weighted by atomic mass is 16.7. The number of benzene rings is 1. The summed E-state index contributed by atoms with van der Waals surface area (Å²) in [6, 6.07) is 5.14. The average molecular weight is 472 g/mol. The highest BCUT2D eigenvalue weighted by Gasteiger charge is 2.47. The summed E-state index contributed by atoms with van der Waals surface area (Å²) in [6.07, 6.45) is -11.4. The van der Waals surface area contributed by atoms with Gasteiger partial charge in [0.2, 0.25) is 6.29 Å². The summed E-state index contributed by atoms with van der Waals surface area (Å²) in [6.45, 7) is 4.81. The number of aliphatic hydroxyl groups is 6. The van der Waals surface area contributed by atoms with Crippen LogP contribution in [0.3, 0.4) is 0 Å². The molecule has 0 aromatic heterocycles. The van der Waals surface area contributed by atoms with Gasteiger partial charge in [-0.05, 0) is 31.0 Å². The number of hydrogen-bond acceptors (Lipinski definition) is 11. The normalized spacial score (nSPS) is 39.2. The molecule has 0 bridgehead atoms. The van der Waals surface area contributed by atoms with Gasteiger partial charge < -0.3 is 54.3 Å². The van der Waals surface area contributed by atoms with Crippen molar-refractivity contribution in [1.82, 2.24) is 0 Å². The number of hydrogen-bond donors (Lipinski definition) is 6. The zero-order valence-electron chi connectivity index (χ0n) is 18.4. The van der Waals surface area contributed by atoms with E-state index in [1.165, 1.54) is 14.0 Å². The van der Waals surface area contributed by atoms with Crippen LogP contribution in [0.1, 0.15) is 12.5 Å². The van der Waals surface area contributed by atoms with Crippen LogP contribution in [0.4, 0.5) is 0 Å². The molecule has 0 radical (unpaired) electrons. The lowest BCUT2D eigenvalue weighted by Crippen LogP contribution is -2.61. The molecule has 2 saturated heterocycles. The molecule has 6 N–H and O–H groups in total. The van der Waals surface area contributed by atoms with E-state index in [0.717, 1.165) is 5.56 Å². The van der Waals surface area contributed by atoms with E-state index in [9.17, 15) is 30.6 Å². The smallest absolute Gasteiger partial charge is 0.229 e. The Morgan fingerprint density at radius 2 is 1.55 bits per heavy atom. The third-order valence-electron chi connectivity index (χ3n) is 5.75. The Hall–Kier alpha value is -1.80. The van der Waals surface area contributed by atoms with Gasteiger partial charge in [0.25, 0.3) is 0 Å². The van der Waals surface area contributed by atoms with Gasteiger partial charge in [0, 0.05) is 0 Å². The number of methoxy groups -OCH3 is 1. The molecule has 11 heteroatoms. The summed E-state index contributed by atoms with van der Waals surface area (Å²) in [5, 5.41) is 60.8. The van der Waals surface area contributed by atoms with Crippen LogP contribution in [-0.2, 0) is 20.6 Å². The Morgan fingerprint density at radius 3 is 2.21 bits per heavy atom. The van der Waals surface area contributed by atoms with E-state index >= 15 is 0 Å². The Kier molecular flexibility index (Phi) is 8.67. The number of aliphatic hydroxyl groups excluding tert-OH is 6. The Morgan fingerprint density at radius 1 is 0.879 bits per heavy atom. The molecule has 10 atom stereocenters. The maximum Gasteiger partial charge on any atom is 0.229 e. The zero-order chi connectivity index (χ0) is 24.3. The Labute approximate surface area is 191 Å². The summed E-state index contributed by atoms with van der Waals surface area (Å²) in [7, 11) is 1.45. The fourth-order valence-corrected chi connectivity index (χ4v) is 3.72. The first kappa shape index (κ1) is 25.8. The van der Waals surface area contributed by atoms with Crippen molar-refractivity contribution in [1.29, 1.82) is 0 Å². The van der Waals surface area contributed by atoms with Gasteiger partial charge in [-0.25, -0.2) is 0 Å². The van der Waals surface area contributed by atoms with Crippen molar-refractivity contribution in [3.05, 3.63) is 36.4 Å². The van der Waals surface area contributed by atoms with Gasteiger partial charge in [0.05, 0.1) is 19.8 Å². The number of rotatable bonds is 8. The van der Waals surface area contributed by atoms with E-state index in [-0.39, 0.29) is 12.4 Å². The molecule has 3 rings (SSSR count). The second-order valence-corrected chi connectivity index (χ2v) is 8.13. The molecular weight excluding hydrogens is 440 g/mol. The van der Waals surface area contributed by atoms with Crippen LogP contribution in [0.5, 0.6) is 11.5 Å². The van der Waals surface area contributed by atoms with Gasteiger partial charge in [-0.3, -0.25) is 0 Å². The first-order chi connectivity index (χ1) is 15.7. The van der Waals surface area contributed by atoms with Gasteiger partial charge in [-0.2, -0.15) is 0 Å². The van der Waals surface area contributed by atoms with E-state index < -0.39 is 61.4 Å². The topological polar surface area (TPSA) is 168 Å². The number of ether oxygens (including phenoxy) is 5. The van der Waals surface area contributed by atoms with Gasteiger partial charge >= 0.3 is 0 Å². The third kappa shape index (κ3) is 5.65. The molecule has 2 aliphatic rings. The molecule has 0 unspecified atom stereocenters. The third-order valence-corrected chi connectivity index (χ3v) is 5.75. The fraction of sp³-hybridized carbons (Fsp3) is 0.636. The molecular formula is C22H32O11. The van der Waals surface area contributed by atoms with Crippen molar-refractivity contribution in [2.24, 2.45) is 0 Å². The molecule has 2 fully saturated rings. The average Bonchev–Trinajstić information content (AvgIpc) is 2.81. The molecule has 33 heavy (non-hydrogen) atoms. The van der Waals surface area contributed by atoms with E-state index in [4.69, 9.17) is 23.7 Å². The molecule has 11 nitrogen and oxygen atoms in total. The molecule has 186 valence electrons.